The third-order valence-electron chi connectivity index (χ3n) is 3.71. The van der Waals surface area contributed by atoms with Crippen molar-refractivity contribution in [1.29, 1.82) is 0 Å². The molecule has 106 valence electrons. The number of aliphatic hydroxyl groups is 1. The molecule has 1 fully saturated rings. The highest BCUT2D eigenvalue weighted by Gasteiger charge is 2.21. The highest BCUT2D eigenvalue weighted by atomic mass is 16.2. The quantitative estimate of drug-likeness (QED) is 0.738. The summed E-state index contributed by atoms with van der Waals surface area (Å²) < 4.78 is 0. The van der Waals surface area contributed by atoms with Gasteiger partial charge in [0.05, 0.1) is 0 Å². The van der Waals surface area contributed by atoms with Gasteiger partial charge >= 0.3 is 0 Å². The van der Waals surface area contributed by atoms with Crippen LogP contribution in [0.4, 0.5) is 5.82 Å². The highest BCUT2D eigenvalue weighted by Crippen LogP contribution is 2.17. The van der Waals surface area contributed by atoms with Gasteiger partial charge in [-0.2, -0.15) is 0 Å². The molecule has 0 spiro atoms. The number of aromatic nitrogens is 1. The molecule has 1 atom stereocenters. The van der Waals surface area contributed by atoms with Gasteiger partial charge < -0.3 is 15.3 Å². The van der Waals surface area contributed by atoms with Crippen LogP contribution in [-0.4, -0.2) is 47.8 Å². The normalized spacial score (nSPS) is 19.8. The Morgan fingerprint density at radius 2 is 2.32 bits per heavy atom. The lowest BCUT2D eigenvalue weighted by molar-refractivity contribution is 0.261. The number of pyridine rings is 1. The van der Waals surface area contributed by atoms with Gasteiger partial charge in [-0.3, -0.25) is 0 Å². The van der Waals surface area contributed by atoms with Crippen LogP contribution in [0.25, 0.3) is 0 Å². The summed E-state index contributed by atoms with van der Waals surface area (Å²) >= 11 is 0. The summed E-state index contributed by atoms with van der Waals surface area (Å²) in [6, 6.07) is 6.09. The lowest BCUT2D eigenvalue weighted by atomic mass is 10.1. The zero-order valence-electron chi connectivity index (χ0n) is 11.8. The number of rotatable bonds is 7. The molecular formula is C15H25N3O. The molecule has 2 rings (SSSR count). The average molecular weight is 263 g/mol. The van der Waals surface area contributed by atoms with E-state index in [2.05, 4.69) is 15.2 Å². The lowest BCUT2D eigenvalue weighted by Gasteiger charge is -2.16. The Morgan fingerprint density at radius 3 is 3.11 bits per heavy atom. The summed E-state index contributed by atoms with van der Waals surface area (Å²) in [5.41, 5.74) is 1.06. The van der Waals surface area contributed by atoms with Crippen molar-refractivity contribution in [3.05, 3.63) is 23.9 Å². The Morgan fingerprint density at radius 1 is 1.42 bits per heavy atom. The van der Waals surface area contributed by atoms with E-state index in [4.69, 9.17) is 5.11 Å². The summed E-state index contributed by atoms with van der Waals surface area (Å²) in [4.78, 5) is 6.97. The zero-order chi connectivity index (χ0) is 13.5. The van der Waals surface area contributed by atoms with E-state index < -0.39 is 0 Å². The van der Waals surface area contributed by atoms with Crippen LogP contribution in [0, 0.1) is 12.8 Å². The van der Waals surface area contributed by atoms with Gasteiger partial charge in [0.1, 0.15) is 5.82 Å². The standard InChI is InChI=1S/C15H25N3O/c1-13-5-4-6-15(17-13)16-11-14-7-9-18(12-14)8-2-3-10-19/h4-6,14,19H,2-3,7-12H2,1H3,(H,16,17). The fourth-order valence-corrected chi connectivity index (χ4v) is 2.62. The molecule has 1 unspecified atom stereocenters. The Balaban J connectivity index is 1.67. The predicted molar refractivity (Wildman–Crippen MR) is 78.3 cm³/mol. The third kappa shape index (κ3) is 4.80. The molecule has 1 aliphatic heterocycles. The number of likely N-dealkylation sites (tertiary alicyclic amines) is 1. The molecule has 2 heterocycles. The maximum absolute atomic E-state index is 8.79. The maximum Gasteiger partial charge on any atom is 0.126 e. The maximum atomic E-state index is 8.79. The average Bonchev–Trinajstić information content (AvgIpc) is 2.85. The monoisotopic (exact) mass is 263 g/mol. The summed E-state index contributed by atoms with van der Waals surface area (Å²) in [6.07, 6.45) is 3.29. The topological polar surface area (TPSA) is 48.4 Å². The van der Waals surface area contributed by atoms with Crippen LogP contribution in [0.15, 0.2) is 18.2 Å². The number of hydrogen-bond donors (Lipinski definition) is 2. The van der Waals surface area contributed by atoms with Crippen molar-refractivity contribution in [3.63, 3.8) is 0 Å². The number of aryl methyl sites for hydroxylation is 1. The van der Waals surface area contributed by atoms with E-state index in [1.807, 2.05) is 25.1 Å². The van der Waals surface area contributed by atoms with Crippen LogP contribution < -0.4 is 5.32 Å². The van der Waals surface area contributed by atoms with E-state index in [1.54, 1.807) is 0 Å². The Hall–Kier alpha value is -1.13. The molecule has 0 radical (unpaired) electrons. The largest absolute Gasteiger partial charge is 0.396 e. The van der Waals surface area contributed by atoms with E-state index in [1.165, 1.54) is 19.5 Å². The number of nitrogens with one attached hydrogen (secondary N) is 1. The Bertz CT molecular complexity index is 383. The van der Waals surface area contributed by atoms with E-state index in [0.29, 0.717) is 6.61 Å². The van der Waals surface area contributed by atoms with Crippen molar-refractivity contribution < 1.29 is 5.11 Å². The zero-order valence-corrected chi connectivity index (χ0v) is 11.8. The van der Waals surface area contributed by atoms with Crippen LogP contribution in [0.2, 0.25) is 0 Å². The van der Waals surface area contributed by atoms with Gasteiger partial charge in [-0.1, -0.05) is 6.07 Å². The molecule has 4 heteroatoms. The fourth-order valence-electron chi connectivity index (χ4n) is 2.62. The van der Waals surface area contributed by atoms with Gasteiger partial charge in [0.15, 0.2) is 0 Å². The molecule has 0 bridgehead atoms. The minimum Gasteiger partial charge on any atom is -0.396 e. The molecule has 1 aliphatic rings. The number of anilines is 1. The SMILES string of the molecule is Cc1cccc(NCC2CCN(CCCCO)C2)n1. The minimum atomic E-state index is 0.317. The van der Waals surface area contributed by atoms with Crippen molar-refractivity contribution in [3.8, 4) is 0 Å². The van der Waals surface area contributed by atoms with Gasteiger partial charge in [-0.05, 0) is 57.3 Å². The fraction of sp³-hybridized carbons (Fsp3) is 0.667. The van der Waals surface area contributed by atoms with Crippen LogP contribution in [0.3, 0.4) is 0 Å². The Kier molecular flexibility index (Phi) is 5.61. The lowest BCUT2D eigenvalue weighted by Crippen LogP contribution is -2.24. The minimum absolute atomic E-state index is 0.317. The third-order valence-corrected chi connectivity index (χ3v) is 3.71. The van der Waals surface area contributed by atoms with Gasteiger partial charge in [0.2, 0.25) is 0 Å². The Labute approximate surface area is 115 Å². The highest BCUT2D eigenvalue weighted by molar-refractivity contribution is 5.35. The first-order valence-corrected chi connectivity index (χ1v) is 7.28. The second kappa shape index (κ2) is 7.46. The van der Waals surface area contributed by atoms with E-state index in [0.717, 1.165) is 43.4 Å². The van der Waals surface area contributed by atoms with E-state index in [9.17, 15) is 0 Å². The van der Waals surface area contributed by atoms with E-state index in [-0.39, 0.29) is 0 Å². The number of hydrogen-bond acceptors (Lipinski definition) is 4. The molecule has 0 amide bonds. The van der Waals surface area contributed by atoms with Gasteiger partial charge in [-0.25, -0.2) is 4.98 Å². The van der Waals surface area contributed by atoms with Gasteiger partial charge in [0.25, 0.3) is 0 Å². The van der Waals surface area contributed by atoms with Crippen LogP contribution >= 0.6 is 0 Å². The second-order valence-electron chi connectivity index (χ2n) is 5.43. The van der Waals surface area contributed by atoms with Crippen LogP contribution in [0.1, 0.15) is 25.0 Å². The van der Waals surface area contributed by atoms with Crippen molar-refractivity contribution in [1.82, 2.24) is 9.88 Å². The molecule has 2 N–H and O–H groups in total. The molecular weight excluding hydrogens is 238 g/mol. The molecule has 1 saturated heterocycles. The molecule has 4 nitrogen and oxygen atoms in total. The predicted octanol–water partition coefficient (Wildman–Crippen LogP) is 1.90. The molecule has 0 saturated carbocycles. The summed E-state index contributed by atoms with van der Waals surface area (Å²) in [7, 11) is 0. The van der Waals surface area contributed by atoms with Crippen molar-refractivity contribution in [2.24, 2.45) is 5.92 Å². The van der Waals surface area contributed by atoms with Crippen molar-refractivity contribution in [2.75, 3.05) is 38.1 Å². The number of nitrogens with zero attached hydrogens (tertiary/aromatic N) is 2. The number of aliphatic hydroxyl groups excluding tert-OH is 1. The first kappa shape index (κ1) is 14.3. The number of unbranched alkanes of at least 4 members (excludes halogenated alkanes) is 1. The molecule has 0 aliphatic carbocycles. The summed E-state index contributed by atoms with van der Waals surface area (Å²) in [5, 5.41) is 12.2. The van der Waals surface area contributed by atoms with Crippen molar-refractivity contribution in [2.45, 2.75) is 26.2 Å². The van der Waals surface area contributed by atoms with E-state index >= 15 is 0 Å². The smallest absolute Gasteiger partial charge is 0.126 e. The molecule has 1 aromatic heterocycles. The first-order chi connectivity index (χ1) is 9.28. The van der Waals surface area contributed by atoms with Crippen LogP contribution in [0.5, 0.6) is 0 Å². The van der Waals surface area contributed by atoms with Crippen molar-refractivity contribution >= 4 is 5.82 Å². The molecule has 1 aromatic rings. The summed E-state index contributed by atoms with van der Waals surface area (Å²) in [6.45, 7) is 6.83. The van der Waals surface area contributed by atoms with Gasteiger partial charge in [-0.15, -0.1) is 0 Å². The first-order valence-electron chi connectivity index (χ1n) is 7.28. The summed E-state index contributed by atoms with van der Waals surface area (Å²) in [5.74, 6) is 1.70. The molecule has 0 aromatic carbocycles. The second-order valence-corrected chi connectivity index (χ2v) is 5.43. The molecule has 19 heavy (non-hydrogen) atoms. The van der Waals surface area contributed by atoms with Crippen LogP contribution in [-0.2, 0) is 0 Å². The van der Waals surface area contributed by atoms with Gasteiger partial charge in [0, 0.05) is 25.4 Å².